The Morgan fingerprint density at radius 3 is 2.52 bits per heavy atom. The molecule has 0 saturated heterocycles. The molecule has 5 nitrogen and oxygen atoms in total. The van der Waals surface area contributed by atoms with E-state index >= 15 is 0 Å². The van der Waals surface area contributed by atoms with Crippen molar-refractivity contribution in [2.24, 2.45) is 0 Å². The van der Waals surface area contributed by atoms with Gasteiger partial charge in [0.15, 0.2) is 0 Å². The predicted octanol–water partition coefficient (Wildman–Crippen LogP) is 4.89. The number of anilines is 1. The summed E-state index contributed by atoms with van der Waals surface area (Å²) >= 11 is 0. The largest absolute Gasteiger partial charge is 0.461 e. The van der Waals surface area contributed by atoms with E-state index in [0.717, 1.165) is 28.3 Å². The third-order valence-electron chi connectivity index (χ3n) is 4.73. The lowest BCUT2D eigenvalue weighted by molar-refractivity contribution is -0.129. The van der Waals surface area contributed by atoms with Crippen LogP contribution in [-0.2, 0) is 22.6 Å². The van der Waals surface area contributed by atoms with Crippen LogP contribution in [0.4, 0.5) is 5.69 Å². The number of benzene rings is 2. The summed E-state index contributed by atoms with van der Waals surface area (Å²) in [7, 11) is 0. The fourth-order valence-electron chi connectivity index (χ4n) is 3.14. The van der Waals surface area contributed by atoms with Gasteiger partial charge in [0.25, 0.3) is 0 Å². The van der Waals surface area contributed by atoms with E-state index in [1.54, 1.807) is 11.8 Å². The van der Waals surface area contributed by atoms with E-state index in [9.17, 15) is 9.59 Å². The van der Waals surface area contributed by atoms with Crippen LogP contribution in [0.1, 0.15) is 31.6 Å². The van der Waals surface area contributed by atoms with Crippen LogP contribution < -0.4 is 5.32 Å². The number of carbonyl (C=O) groups is 2. The molecule has 29 heavy (non-hydrogen) atoms. The van der Waals surface area contributed by atoms with Crippen LogP contribution in [0.5, 0.6) is 0 Å². The molecule has 150 valence electrons. The molecule has 0 unspecified atom stereocenters. The van der Waals surface area contributed by atoms with Crippen LogP contribution in [0.3, 0.4) is 0 Å². The number of nitrogens with one attached hydrogen (secondary N) is 1. The first-order valence-electron chi connectivity index (χ1n) is 9.83. The zero-order chi connectivity index (χ0) is 20.6. The highest BCUT2D eigenvalue weighted by molar-refractivity contribution is 5.90. The summed E-state index contributed by atoms with van der Waals surface area (Å²) in [5.41, 5.74) is 2.74. The van der Waals surface area contributed by atoms with Crippen molar-refractivity contribution < 1.29 is 14.0 Å². The van der Waals surface area contributed by atoms with Gasteiger partial charge in [0.05, 0.1) is 0 Å². The quantitative estimate of drug-likeness (QED) is 0.596. The lowest BCUT2D eigenvalue weighted by Gasteiger charge is -2.19. The number of aryl methyl sites for hydroxylation is 1. The molecule has 1 aromatic heterocycles. The number of hydrogen-bond acceptors (Lipinski definition) is 3. The Morgan fingerprint density at radius 1 is 1.00 bits per heavy atom. The zero-order valence-electron chi connectivity index (χ0n) is 16.9. The molecule has 5 heteroatoms. The molecule has 0 aliphatic rings. The van der Waals surface area contributed by atoms with E-state index in [4.69, 9.17) is 4.42 Å². The molecule has 2 amide bonds. The van der Waals surface area contributed by atoms with Crippen molar-refractivity contribution in [1.82, 2.24) is 4.90 Å². The van der Waals surface area contributed by atoms with E-state index in [-0.39, 0.29) is 11.8 Å². The maximum absolute atomic E-state index is 12.3. The van der Waals surface area contributed by atoms with Crippen molar-refractivity contribution in [2.75, 3.05) is 11.9 Å². The summed E-state index contributed by atoms with van der Waals surface area (Å²) in [5.74, 6) is 1.56. The van der Waals surface area contributed by atoms with Crippen LogP contribution in [0.15, 0.2) is 71.1 Å². The maximum Gasteiger partial charge on any atom is 0.224 e. The van der Waals surface area contributed by atoms with Gasteiger partial charge in [0.2, 0.25) is 11.8 Å². The Morgan fingerprint density at radius 2 is 1.79 bits per heavy atom. The minimum absolute atomic E-state index is 0.0373. The first-order chi connectivity index (χ1) is 14.0. The number of hydrogen-bond donors (Lipinski definition) is 1. The van der Waals surface area contributed by atoms with Gasteiger partial charge in [-0.3, -0.25) is 9.59 Å². The molecule has 0 saturated carbocycles. The minimum atomic E-state index is -0.0706. The number of amides is 2. The molecule has 0 spiro atoms. The Bertz CT molecular complexity index is 963. The van der Waals surface area contributed by atoms with Gasteiger partial charge >= 0.3 is 0 Å². The van der Waals surface area contributed by atoms with E-state index < -0.39 is 0 Å². The van der Waals surface area contributed by atoms with Gasteiger partial charge in [0, 0.05) is 44.1 Å². The van der Waals surface area contributed by atoms with Gasteiger partial charge in [-0.1, -0.05) is 42.5 Å². The predicted molar refractivity (Wildman–Crippen MR) is 114 cm³/mol. The van der Waals surface area contributed by atoms with Crippen molar-refractivity contribution in [2.45, 2.75) is 33.2 Å². The molecular weight excluding hydrogens is 364 g/mol. The summed E-state index contributed by atoms with van der Waals surface area (Å²) in [4.78, 5) is 25.7. The highest BCUT2D eigenvalue weighted by Gasteiger charge is 2.10. The Kier molecular flexibility index (Phi) is 6.85. The van der Waals surface area contributed by atoms with E-state index in [1.807, 2.05) is 73.7 Å². The van der Waals surface area contributed by atoms with E-state index in [2.05, 4.69) is 5.32 Å². The SMILES string of the molecule is CCN(Cc1cccc(NC(=O)CCc2ccc(-c3ccccc3)o2)c1)C(C)=O. The lowest BCUT2D eigenvalue weighted by Crippen LogP contribution is -2.27. The molecule has 2 aromatic carbocycles. The van der Waals surface area contributed by atoms with Gasteiger partial charge in [-0.15, -0.1) is 0 Å². The second-order valence-electron chi connectivity index (χ2n) is 6.91. The van der Waals surface area contributed by atoms with Gasteiger partial charge in [-0.2, -0.15) is 0 Å². The first kappa shape index (κ1) is 20.4. The summed E-state index contributed by atoms with van der Waals surface area (Å²) in [6, 6.07) is 21.3. The topological polar surface area (TPSA) is 62.6 Å². The Balaban J connectivity index is 1.54. The van der Waals surface area contributed by atoms with Crippen molar-refractivity contribution in [3.05, 3.63) is 78.1 Å². The second-order valence-corrected chi connectivity index (χ2v) is 6.91. The molecular formula is C24H26N2O3. The summed E-state index contributed by atoms with van der Waals surface area (Å²) in [6.07, 6.45) is 0.868. The van der Waals surface area contributed by atoms with Crippen molar-refractivity contribution in [3.63, 3.8) is 0 Å². The van der Waals surface area contributed by atoms with E-state index in [0.29, 0.717) is 25.9 Å². The van der Waals surface area contributed by atoms with Crippen molar-refractivity contribution >= 4 is 17.5 Å². The van der Waals surface area contributed by atoms with Crippen LogP contribution in [0.2, 0.25) is 0 Å². The molecule has 1 N–H and O–H groups in total. The molecule has 3 rings (SSSR count). The molecule has 0 fully saturated rings. The summed E-state index contributed by atoms with van der Waals surface area (Å²) < 4.78 is 5.85. The fourth-order valence-corrected chi connectivity index (χ4v) is 3.14. The highest BCUT2D eigenvalue weighted by atomic mass is 16.3. The van der Waals surface area contributed by atoms with Crippen molar-refractivity contribution in [1.29, 1.82) is 0 Å². The van der Waals surface area contributed by atoms with Crippen LogP contribution in [0.25, 0.3) is 11.3 Å². The minimum Gasteiger partial charge on any atom is -0.461 e. The number of rotatable bonds is 8. The number of carbonyl (C=O) groups excluding carboxylic acids is 2. The molecule has 3 aromatic rings. The smallest absolute Gasteiger partial charge is 0.224 e. The molecule has 0 bridgehead atoms. The standard InChI is InChI=1S/C24H26N2O3/c1-3-26(18(2)27)17-19-8-7-11-21(16-19)25-24(28)15-13-22-12-14-23(29-22)20-9-5-4-6-10-20/h4-12,14,16H,3,13,15,17H2,1-2H3,(H,25,28). The molecule has 0 atom stereocenters. The normalized spacial score (nSPS) is 10.6. The lowest BCUT2D eigenvalue weighted by atomic mass is 10.1. The first-order valence-corrected chi connectivity index (χ1v) is 9.83. The second kappa shape index (κ2) is 9.73. The third kappa shape index (κ3) is 5.82. The molecule has 1 heterocycles. The molecule has 0 aliphatic carbocycles. The summed E-state index contributed by atoms with van der Waals surface area (Å²) in [6.45, 7) is 4.70. The van der Waals surface area contributed by atoms with Gasteiger partial charge < -0.3 is 14.6 Å². The number of nitrogens with zero attached hydrogens (tertiary/aromatic N) is 1. The Labute approximate surface area is 171 Å². The molecule has 0 radical (unpaired) electrons. The monoisotopic (exact) mass is 390 g/mol. The average Bonchev–Trinajstić information content (AvgIpc) is 3.20. The highest BCUT2D eigenvalue weighted by Crippen LogP contribution is 2.22. The van der Waals surface area contributed by atoms with Crippen molar-refractivity contribution in [3.8, 4) is 11.3 Å². The molecule has 0 aliphatic heterocycles. The van der Waals surface area contributed by atoms with Crippen LogP contribution in [0, 0.1) is 0 Å². The van der Waals surface area contributed by atoms with E-state index in [1.165, 1.54) is 0 Å². The number of furan rings is 1. The zero-order valence-corrected chi connectivity index (χ0v) is 16.9. The summed E-state index contributed by atoms with van der Waals surface area (Å²) in [5, 5.41) is 2.93. The van der Waals surface area contributed by atoms with Gasteiger partial charge in [-0.05, 0) is 36.8 Å². The fraction of sp³-hybridized carbons (Fsp3) is 0.250. The van der Waals surface area contributed by atoms with Crippen LogP contribution >= 0.6 is 0 Å². The maximum atomic E-state index is 12.3. The van der Waals surface area contributed by atoms with Gasteiger partial charge in [-0.25, -0.2) is 0 Å². The van der Waals surface area contributed by atoms with Gasteiger partial charge in [0.1, 0.15) is 11.5 Å². The Hall–Kier alpha value is -3.34. The third-order valence-corrected chi connectivity index (χ3v) is 4.73. The average molecular weight is 390 g/mol. The van der Waals surface area contributed by atoms with Crippen LogP contribution in [-0.4, -0.2) is 23.3 Å².